The summed E-state index contributed by atoms with van der Waals surface area (Å²) in [7, 11) is 1.53. The molecule has 0 aliphatic carbocycles. The van der Waals surface area contributed by atoms with E-state index in [-0.39, 0.29) is 5.91 Å². The van der Waals surface area contributed by atoms with Crippen LogP contribution in [0, 0.1) is 12.3 Å². The highest BCUT2D eigenvalue weighted by atomic mass is 35.5. The maximum atomic E-state index is 13.0. The van der Waals surface area contributed by atoms with Crippen molar-refractivity contribution >= 4 is 52.7 Å². The molecule has 0 radical (unpaired) electrons. The normalized spacial score (nSPS) is 11.1. The van der Waals surface area contributed by atoms with Gasteiger partial charge in [-0.3, -0.25) is 4.79 Å². The highest BCUT2D eigenvalue weighted by molar-refractivity contribution is 8.05. The Morgan fingerprint density at radius 2 is 2.05 bits per heavy atom. The van der Waals surface area contributed by atoms with Gasteiger partial charge in [-0.2, -0.15) is 0 Å². The lowest BCUT2D eigenvalue weighted by molar-refractivity contribution is 0.0965. The van der Waals surface area contributed by atoms with Crippen molar-refractivity contribution in [3.63, 3.8) is 0 Å². The summed E-state index contributed by atoms with van der Waals surface area (Å²) in [6.07, 6.45) is 5.76. The zero-order valence-corrected chi connectivity index (χ0v) is 23.1. The molecule has 1 heterocycles. The van der Waals surface area contributed by atoms with E-state index in [4.69, 9.17) is 27.5 Å². The van der Waals surface area contributed by atoms with E-state index in [2.05, 4.69) is 15.7 Å². The van der Waals surface area contributed by atoms with Gasteiger partial charge >= 0.3 is 0 Å². The monoisotopic (exact) mass is 538 g/mol. The van der Waals surface area contributed by atoms with E-state index in [1.165, 1.54) is 18.9 Å². The van der Waals surface area contributed by atoms with Gasteiger partial charge in [-0.05, 0) is 56.9 Å². The van der Waals surface area contributed by atoms with Crippen molar-refractivity contribution in [2.45, 2.75) is 34.1 Å². The number of hydrogen-bond donors (Lipinski definition) is 4. The number of hydrogen-bond acceptors (Lipinski definition) is 7. The third kappa shape index (κ3) is 6.75. The fourth-order valence-corrected chi connectivity index (χ4v) is 4.43. The zero-order valence-electron chi connectivity index (χ0n) is 21.5. The van der Waals surface area contributed by atoms with Gasteiger partial charge in [-0.25, -0.2) is 4.68 Å². The van der Waals surface area contributed by atoms with Crippen LogP contribution in [0.4, 0.5) is 17.2 Å². The lowest BCUT2D eigenvalue weighted by Crippen LogP contribution is -2.22. The molecule has 10 heteroatoms. The molecule has 0 saturated carbocycles. The largest absolute Gasteiger partial charge is 0.496 e. The molecule has 2 aromatic carbocycles. The molecule has 0 unspecified atom stereocenters. The van der Waals surface area contributed by atoms with Gasteiger partial charge in [-0.1, -0.05) is 41.9 Å². The third-order valence-electron chi connectivity index (χ3n) is 5.25. The molecular formula is C27H31ClN6O2S. The fraction of sp³-hybridized carbons (Fsp3) is 0.222. The smallest absolute Gasteiger partial charge is 0.259 e. The molecular weight excluding hydrogens is 508 g/mol. The number of aromatic nitrogens is 2. The number of amides is 1. The number of rotatable bonds is 10. The predicted molar refractivity (Wildman–Crippen MR) is 155 cm³/mol. The Kier molecular flexibility index (Phi) is 9.43. The van der Waals surface area contributed by atoms with E-state index in [9.17, 15) is 4.79 Å². The zero-order chi connectivity index (χ0) is 27.1. The predicted octanol–water partition coefficient (Wildman–Crippen LogP) is 6.80. The van der Waals surface area contributed by atoms with E-state index in [0.29, 0.717) is 39.1 Å². The van der Waals surface area contributed by atoms with Gasteiger partial charge in [0.2, 0.25) is 0 Å². The van der Waals surface area contributed by atoms with E-state index >= 15 is 0 Å². The summed E-state index contributed by atoms with van der Waals surface area (Å²) in [6, 6.07) is 8.73. The number of nitrogens with zero attached hydrogens (tertiary/aromatic N) is 2. The van der Waals surface area contributed by atoms with Crippen LogP contribution in [0.2, 0.25) is 5.02 Å². The van der Waals surface area contributed by atoms with E-state index in [1.54, 1.807) is 28.9 Å². The van der Waals surface area contributed by atoms with Crippen LogP contribution in [0.1, 0.15) is 48.7 Å². The quantitative estimate of drug-likeness (QED) is 0.166. The number of benzene rings is 2. The number of allylic oxidation sites excluding steroid dienone is 2. The van der Waals surface area contributed by atoms with E-state index < -0.39 is 0 Å². The number of aryl methyl sites for hydroxylation is 1. The van der Waals surface area contributed by atoms with Crippen molar-refractivity contribution in [3.8, 4) is 11.4 Å². The van der Waals surface area contributed by atoms with Crippen LogP contribution < -0.4 is 21.1 Å². The summed E-state index contributed by atoms with van der Waals surface area (Å²) in [6.45, 7) is 7.96. The van der Waals surface area contributed by atoms with Crippen LogP contribution >= 0.6 is 23.4 Å². The Hall–Kier alpha value is -3.69. The second-order valence-corrected chi connectivity index (χ2v) is 9.72. The van der Waals surface area contributed by atoms with Gasteiger partial charge in [-0.15, -0.1) is 5.10 Å². The first kappa shape index (κ1) is 27.9. The van der Waals surface area contributed by atoms with Gasteiger partial charge in [0.25, 0.3) is 5.91 Å². The molecule has 1 aromatic heterocycles. The molecule has 0 fully saturated rings. The molecule has 0 atom stereocenters. The fourth-order valence-electron chi connectivity index (χ4n) is 3.38. The summed E-state index contributed by atoms with van der Waals surface area (Å²) in [5.74, 6) is 0.767. The molecule has 0 saturated heterocycles. The Balaban J connectivity index is 1.86. The molecule has 37 heavy (non-hydrogen) atoms. The SMILES string of the molecule is CC/C=C(\NC(=O)c1ccc(-n2cc(C)c(Nc3ccc(N)c(C=N)c3Cl)n2)cc1OC)SC=C(C)C. The van der Waals surface area contributed by atoms with Crippen LogP contribution in [-0.2, 0) is 0 Å². The summed E-state index contributed by atoms with van der Waals surface area (Å²) in [4.78, 5) is 13.0. The first-order valence-corrected chi connectivity index (χ1v) is 12.9. The summed E-state index contributed by atoms with van der Waals surface area (Å²) < 4.78 is 7.24. The van der Waals surface area contributed by atoms with Crippen molar-refractivity contribution in [3.05, 3.63) is 80.3 Å². The lowest BCUT2D eigenvalue weighted by Gasteiger charge is -2.13. The van der Waals surface area contributed by atoms with Crippen LogP contribution in [-0.4, -0.2) is 29.0 Å². The maximum Gasteiger partial charge on any atom is 0.259 e. The third-order valence-corrected chi connectivity index (χ3v) is 6.77. The number of thioether (sulfide) groups is 1. The Bertz CT molecular complexity index is 1380. The van der Waals surface area contributed by atoms with E-state index in [0.717, 1.165) is 34.5 Å². The highest BCUT2D eigenvalue weighted by Crippen LogP contribution is 2.32. The maximum absolute atomic E-state index is 13.0. The van der Waals surface area contributed by atoms with Crippen molar-refractivity contribution in [2.24, 2.45) is 0 Å². The number of nitrogens with two attached hydrogens (primary N) is 1. The molecule has 0 aliphatic heterocycles. The van der Waals surface area contributed by atoms with Gasteiger partial charge in [0.15, 0.2) is 5.82 Å². The first-order valence-electron chi connectivity index (χ1n) is 11.6. The van der Waals surface area contributed by atoms with Crippen LogP contribution in [0.3, 0.4) is 0 Å². The van der Waals surface area contributed by atoms with Gasteiger partial charge < -0.3 is 26.5 Å². The molecule has 0 spiro atoms. The first-order chi connectivity index (χ1) is 17.7. The topological polar surface area (TPSA) is 118 Å². The molecule has 1 amide bonds. The summed E-state index contributed by atoms with van der Waals surface area (Å²) >= 11 is 7.90. The highest BCUT2D eigenvalue weighted by Gasteiger charge is 2.17. The Labute approximate surface area is 226 Å². The molecule has 0 bridgehead atoms. The second-order valence-electron chi connectivity index (χ2n) is 8.43. The molecule has 5 N–H and O–H groups in total. The molecule has 3 aromatic rings. The number of nitrogens with one attached hydrogen (secondary N) is 3. The average molecular weight is 539 g/mol. The van der Waals surface area contributed by atoms with E-state index in [1.807, 2.05) is 51.4 Å². The van der Waals surface area contributed by atoms with Crippen molar-refractivity contribution < 1.29 is 9.53 Å². The number of carbonyl (C=O) groups is 1. The second kappa shape index (κ2) is 12.5. The van der Waals surface area contributed by atoms with Crippen LogP contribution in [0.15, 0.2) is 58.6 Å². The standard InChI is InChI=1S/C27H31ClN6O2S/c1-6-7-24(37-15-16(2)3)32-27(35)19-9-8-18(12-23(19)36-5)34-14-17(4)26(33-34)31-22-11-10-21(30)20(13-29)25(22)28/h7-15,29H,6,30H2,1-5H3,(H,31,33)(H,32,35)/b24-7+,29-13?. The Morgan fingerprint density at radius 3 is 2.70 bits per heavy atom. The van der Waals surface area contributed by atoms with Gasteiger partial charge in [0.05, 0.1) is 34.1 Å². The number of halogens is 1. The van der Waals surface area contributed by atoms with Crippen LogP contribution in [0.5, 0.6) is 5.75 Å². The van der Waals surface area contributed by atoms with Crippen molar-refractivity contribution in [1.29, 1.82) is 5.41 Å². The summed E-state index contributed by atoms with van der Waals surface area (Å²) in [5.41, 5.74) is 10.5. The van der Waals surface area contributed by atoms with Crippen molar-refractivity contribution in [1.82, 2.24) is 15.1 Å². The minimum Gasteiger partial charge on any atom is -0.496 e. The molecule has 0 aliphatic rings. The molecule has 194 valence electrons. The minimum atomic E-state index is -0.253. The van der Waals surface area contributed by atoms with Gasteiger partial charge in [0.1, 0.15) is 5.75 Å². The minimum absolute atomic E-state index is 0.253. The van der Waals surface area contributed by atoms with Crippen molar-refractivity contribution in [2.75, 3.05) is 18.2 Å². The number of methoxy groups -OCH3 is 1. The summed E-state index contributed by atoms with van der Waals surface area (Å²) in [5, 5.41) is 21.5. The number of ether oxygens (including phenoxy) is 1. The lowest BCUT2D eigenvalue weighted by atomic mass is 10.1. The number of anilines is 3. The Morgan fingerprint density at radius 1 is 1.30 bits per heavy atom. The molecule has 3 rings (SSSR count). The van der Waals surface area contributed by atoms with Crippen LogP contribution in [0.25, 0.3) is 5.69 Å². The average Bonchev–Trinajstić information content (AvgIpc) is 3.24. The number of nitrogen functional groups attached to an aromatic ring is 1. The molecule has 8 nitrogen and oxygen atoms in total. The van der Waals surface area contributed by atoms with Gasteiger partial charge in [0, 0.05) is 35.3 Å². The number of carbonyl (C=O) groups excluding carboxylic acids is 1.